The Hall–Kier alpha value is -3.66. The molecule has 0 spiro atoms. The zero-order chi connectivity index (χ0) is 20.2. The molecule has 2 aromatic carbocycles. The third kappa shape index (κ3) is 3.83. The lowest BCUT2D eigenvalue weighted by atomic mass is 10.1. The molecule has 0 unspecified atom stereocenters. The maximum atomic E-state index is 13.2. The Morgan fingerprint density at radius 2 is 1.66 bits per heavy atom. The standard InChI is InChI=1S/C22H20FN5O/c1-2-11-24-22(29)20-18-5-3-4-6-19(18)21(26-25-20)28-14-12-27(13-15-28)17-9-7-16(23)8-10-17/h1,3-10H,11-15H2,(H,24,29). The van der Waals surface area contributed by atoms with Crippen LogP contribution in [-0.4, -0.2) is 48.8 Å². The smallest absolute Gasteiger partial charge is 0.273 e. The largest absolute Gasteiger partial charge is 0.368 e. The van der Waals surface area contributed by atoms with E-state index in [0.29, 0.717) is 0 Å². The number of hydrogen-bond donors (Lipinski definition) is 1. The van der Waals surface area contributed by atoms with Crippen LogP contribution in [0.1, 0.15) is 10.5 Å². The fraction of sp³-hybridized carbons (Fsp3) is 0.227. The van der Waals surface area contributed by atoms with Crippen molar-refractivity contribution < 1.29 is 9.18 Å². The molecule has 7 heteroatoms. The maximum Gasteiger partial charge on any atom is 0.273 e. The van der Waals surface area contributed by atoms with Gasteiger partial charge in [0.15, 0.2) is 11.5 Å². The molecule has 3 aromatic rings. The SMILES string of the molecule is C#CCNC(=O)c1nnc(N2CCN(c3ccc(F)cc3)CC2)c2ccccc12. The molecule has 0 aliphatic carbocycles. The minimum Gasteiger partial charge on any atom is -0.368 e. The maximum absolute atomic E-state index is 13.2. The number of aromatic nitrogens is 2. The van der Waals surface area contributed by atoms with Crippen LogP contribution in [0.4, 0.5) is 15.9 Å². The minimum atomic E-state index is -0.334. The Kier molecular flexibility index (Phi) is 5.25. The lowest BCUT2D eigenvalue weighted by Gasteiger charge is -2.37. The molecule has 146 valence electrons. The quantitative estimate of drug-likeness (QED) is 0.695. The Balaban J connectivity index is 1.57. The van der Waals surface area contributed by atoms with Crippen molar-refractivity contribution in [1.82, 2.24) is 15.5 Å². The van der Waals surface area contributed by atoms with E-state index in [4.69, 9.17) is 6.42 Å². The van der Waals surface area contributed by atoms with Crippen LogP contribution in [0.15, 0.2) is 48.5 Å². The van der Waals surface area contributed by atoms with Gasteiger partial charge in [0.05, 0.1) is 6.54 Å². The number of hydrogen-bond acceptors (Lipinski definition) is 5. The van der Waals surface area contributed by atoms with Crippen LogP contribution in [0.2, 0.25) is 0 Å². The summed E-state index contributed by atoms with van der Waals surface area (Å²) < 4.78 is 13.2. The van der Waals surface area contributed by atoms with Gasteiger partial charge in [0.2, 0.25) is 0 Å². The predicted molar refractivity (Wildman–Crippen MR) is 112 cm³/mol. The highest BCUT2D eigenvalue weighted by Gasteiger charge is 2.22. The van der Waals surface area contributed by atoms with Gasteiger partial charge in [-0.15, -0.1) is 16.6 Å². The summed E-state index contributed by atoms with van der Waals surface area (Å²) in [6.45, 7) is 3.21. The van der Waals surface area contributed by atoms with Crippen molar-refractivity contribution in [2.24, 2.45) is 0 Å². The molecule has 0 saturated carbocycles. The zero-order valence-corrected chi connectivity index (χ0v) is 15.8. The number of terminal acetylenes is 1. The summed E-state index contributed by atoms with van der Waals surface area (Å²) in [5, 5.41) is 12.8. The molecule has 1 aliphatic rings. The number of piperazine rings is 1. The number of carbonyl (C=O) groups is 1. The number of amides is 1. The summed E-state index contributed by atoms with van der Waals surface area (Å²) in [6, 6.07) is 14.2. The van der Waals surface area contributed by atoms with E-state index in [1.165, 1.54) is 12.1 Å². The van der Waals surface area contributed by atoms with Crippen molar-refractivity contribution in [2.75, 3.05) is 42.5 Å². The fourth-order valence-corrected chi connectivity index (χ4v) is 3.53. The third-order valence-electron chi connectivity index (χ3n) is 5.00. The second-order valence-electron chi connectivity index (χ2n) is 6.76. The van der Waals surface area contributed by atoms with Gasteiger partial charge >= 0.3 is 0 Å². The second-order valence-corrected chi connectivity index (χ2v) is 6.76. The molecule has 0 radical (unpaired) electrons. The van der Waals surface area contributed by atoms with Crippen molar-refractivity contribution in [3.63, 3.8) is 0 Å². The first kappa shape index (κ1) is 18.7. The molecule has 0 atom stereocenters. The highest BCUT2D eigenvalue weighted by atomic mass is 19.1. The normalized spacial score (nSPS) is 13.9. The average Bonchev–Trinajstić information content (AvgIpc) is 2.77. The summed E-state index contributed by atoms with van der Waals surface area (Å²) in [6.07, 6.45) is 5.22. The summed E-state index contributed by atoms with van der Waals surface area (Å²) in [5.41, 5.74) is 1.27. The molecule has 1 fully saturated rings. The van der Waals surface area contributed by atoms with Crippen molar-refractivity contribution in [1.29, 1.82) is 0 Å². The van der Waals surface area contributed by atoms with E-state index in [1.54, 1.807) is 12.1 Å². The summed E-state index contributed by atoms with van der Waals surface area (Å²) in [4.78, 5) is 16.8. The first-order valence-corrected chi connectivity index (χ1v) is 9.40. The molecular formula is C22H20FN5O. The molecule has 6 nitrogen and oxygen atoms in total. The van der Waals surface area contributed by atoms with Gasteiger partial charge in [0.1, 0.15) is 5.82 Å². The third-order valence-corrected chi connectivity index (χ3v) is 5.00. The molecule has 1 N–H and O–H groups in total. The van der Waals surface area contributed by atoms with Gasteiger partial charge in [0, 0.05) is 42.6 Å². The predicted octanol–water partition coefficient (Wildman–Crippen LogP) is 2.46. The Bertz CT molecular complexity index is 1070. The van der Waals surface area contributed by atoms with Crippen LogP contribution in [0.3, 0.4) is 0 Å². The van der Waals surface area contributed by atoms with E-state index < -0.39 is 0 Å². The van der Waals surface area contributed by atoms with Crippen molar-refractivity contribution in [3.8, 4) is 12.3 Å². The van der Waals surface area contributed by atoms with E-state index >= 15 is 0 Å². The van der Waals surface area contributed by atoms with Gasteiger partial charge < -0.3 is 15.1 Å². The van der Waals surface area contributed by atoms with Gasteiger partial charge in [-0.1, -0.05) is 30.2 Å². The van der Waals surface area contributed by atoms with Crippen LogP contribution in [0.25, 0.3) is 10.8 Å². The molecule has 1 amide bonds. The summed E-state index contributed by atoms with van der Waals surface area (Å²) in [5.74, 6) is 2.57. The van der Waals surface area contributed by atoms with Gasteiger partial charge in [0.25, 0.3) is 5.91 Å². The van der Waals surface area contributed by atoms with Crippen LogP contribution in [0, 0.1) is 18.2 Å². The van der Waals surface area contributed by atoms with Gasteiger partial charge in [-0.3, -0.25) is 4.79 Å². The highest BCUT2D eigenvalue weighted by Crippen LogP contribution is 2.27. The van der Waals surface area contributed by atoms with Gasteiger partial charge in [-0.05, 0) is 24.3 Å². The van der Waals surface area contributed by atoms with E-state index in [2.05, 4.69) is 31.2 Å². The number of fused-ring (bicyclic) bond motifs is 1. The molecular weight excluding hydrogens is 369 g/mol. The van der Waals surface area contributed by atoms with Crippen molar-refractivity contribution in [3.05, 3.63) is 60.0 Å². The molecule has 1 saturated heterocycles. The highest BCUT2D eigenvalue weighted by molar-refractivity contribution is 6.07. The van der Waals surface area contributed by atoms with Crippen LogP contribution < -0.4 is 15.1 Å². The topological polar surface area (TPSA) is 61.4 Å². The van der Waals surface area contributed by atoms with E-state index in [9.17, 15) is 9.18 Å². The van der Waals surface area contributed by atoms with E-state index in [-0.39, 0.29) is 24.0 Å². The molecule has 1 aliphatic heterocycles. The first-order chi connectivity index (χ1) is 14.2. The molecule has 29 heavy (non-hydrogen) atoms. The number of benzene rings is 2. The van der Waals surface area contributed by atoms with E-state index in [1.807, 2.05) is 24.3 Å². The first-order valence-electron chi connectivity index (χ1n) is 9.40. The summed E-state index contributed by atoms with van der Waals surface area (Å²) in [7, 11) is 0. The lowest BCUT2D eigenvalue weighted by molar-refractivity contribution is 0.0954. The molecule has 2 heterocycles. The van der Waals surface area contributed by atoms with Crippen LogP contribution in [0.5, 0.6) is 0 Å². The number of halogens is 1. The fourth-order valence-electron chi connectivity index (χ4n) is 3.53. The average molecular weight is 389 g/mol. The van der Waals surface area contributed by atoms with E-state index in [0.717, 1.165) is 48.5 Å². The number of carbonyl (C=O) groups excluding carboxylic acids is 1. The Morgan fingerprint density at radius 3 is 2.34 bits per heavy atom. The minimum absolute atomic E-state index is 0.141. The number of anilines is 2. The van der Waals surface area contributed by atoms with Gasteiger partial charge in [-0.2, -0.15) is 0 Å². The van der Waals surface area contributed by atoms with Crippen molar-refractivity contribution in [2.45, 2.75) is 0 Å². The lowest BCUT2D eigenvalue weighted by Crippen LogP contribution is -2.47. The molecule has 4 rings (SSSR count). The van der Waals surface area contributed by atoms with Crippen LogP contribution >= 0.6 is 0 Å². The number of nitrogens with one attached hydrogen (secondary N) is 1. The second kappa shape index (κ2) is 8.15. The van der Waals surface area contributed by atoms with Gasteiger partial charge in [-0.25, -0.2) is 4.39 Å². The monoisotopic (exact) mass is 389 g/mol. The van der Waals surface area contributed by atoms with Crippen molar-refractivity contribution >= 4 is 28.2 Å². The Labute approximate surface area is 168 Å². The zero-order valence-electron chi connectivity index (χ0n) is 15.8. The number of nitrogens with zero attached hydrogens (tertiary/aromatic N) is 4. The molecule has 1 aromatic heterocycles. The number of rotatable bonds is 4. The summed E-state index contributed by atoms with van der Waals surface area (Å²) >= 11 is 0. The Morgan fingerprint density at radius 1 is 1.00 bits per heavy atom. The molecule has 0 bridgehead atoms. The van der Waals surface area contributed by atoms with Crippen LogP contribution in [-0.2, 0) is 0 Å².